The second-order valence-corrected chi connectivity index (χ2v) is 10.6. The van der Waals surface area contributed by atoms with E-state index in [1.54, 1.807) is 10.6 Å². The number of esters is 1. The normalized spacial score (nSPS) is 21.9. The molecule has 0 radical (unpaired) electrons. The number of likely N-dealkylation sites (tertiary alicyclic amines) is 1. The molecule has 36 heavy (non-hydrogen) atoms. The van der Waals surface area contributed by atoms with Crippen LogP contribution in [0.5, 0.6) is 0 Å². The lowest BCUT2D eigenvalue weighted by Crippen LogP contribution is -2.45. The average molecular weight is 501 g/mol. The summed E-state index contributed by atoms with van der Waals surface area (Å²) in [5.41, 5.74) is 0.0711. The number of hydrogen-bond acceptors (Lipinski definition) is 6. The molecule has 2 saturated carbocycles. The minimum absolute atomic E-state index is 0.00514. The van der Waals surface area contributed by atoms with Gasteiger partial charge in [-0.05, 0) is 57.2 Å². The molecule has 2 aromatic rings. The second-order valence-electron chi connectivity index (χ2n) is 10.6. The number of carbonyl (C=O) groups is 1. The quantitative estimate of drug-likeness (QED) is 0.582. The first-order valence-electron chi connectivity index (χ1n) is 13.5. The Balaban J connectivity index is 1.52. The van der Waals surface area contributed by atoms with Gasteiger partial charge < -0.3 is 10.1 Å². The van der Waals surface area contributed by atoms with E-state index in [1.807, 2.05) is 4.90 Å². The Labute approximate surface area is 210 Å². The number of nitrogens with one attached hydrogen (secondary N) is 1. The lowest BCUT2D eigenvalue weighted by molar-refractivity contribution is -0.145. The standard InChI is InChI=1S/C27H37FN4O4/c1-36-26(34)23-12-7-13-30(23)14-15-31-25(33)20-16-21(28)22(29-18-8-3-2-4-9-18)17-24(20)32(27(31)35)19-10-5-6-11-19/h16-19,23,29H,2-15H2,1H3. The highest BCUT2D eigenvalue weighted by atomic mass is 19.1. The Morgan fingerprint density at radius 2 is 1.72 bits per heavy atom. The zero-order valence-electron chi connectivity index (χ0n) is 21.1. The van der Waals surface area contributed by atoms with Crippen LogP contribution in [0, 0.1) is 5.82 Å². The zero-order valence-corrected chi connectivity index (χ0v) is 21.1. The Morgan fingerprint density at radius 1 is 1.00 bits per heavy atom. The van der Waals surface area contributed by atoms with Crippen LogP contribution in [-0.4, -0.2) is 52.3 Å². The topological polar surface area (TPSA) is 85.6 Å². The highest BCUT2D eigenvalue weighted by Gasteiger charge is 2.32. The third-order valence-electron chi connectivity index (χ3n) is 8.36. The Hall–Kier alpha value is -2.68. The molecule has 1 atom stereocenters. The third kappa shape index (κ3) is 4.82. The van der Waals surface area contributed by atoms with Crippen LogP contribution in [0.15, 0.2) is 21.7 Å². The number of rotatable bonds is 7. The monoisotopic (exact) mass is 500 g/mol. The lowest BCUT2D eigenvalue weighted by Gasteiger charge is -2.25. The Kier molecular flexibility index (Phi) is 7.46. The van der Waals surface area contributed by atoms with Gasteiger partial charge in [-0.25, -0.2) is 9.18 Å². The predicted octanol–water partition coefficient (Wildman–Crippen LogP) is 3.80. The molecule has 5 rings (SSSR count). The van der Waals surface area contributed by atoms with Crippen molar-refractivity contribution in [1.82, 2.24) is 14.0 Å². The van der Waals surface area contributed by atoms with Crippen LogP contribution in [0.1, 0.15) is 76.7 Å². The number of methoxy groups -OCH3 is 1. The van der Waals surface area contributed by atoms with Crippen LogP contribution in [-0.2, 0) is 16.1 Å². The van der Waals surface area contributed by atoms with Crippen LogP contribution in [0.4, 0.5) is 10.1 Å². The van der Waals surface area contributed by atoms with Crippen molar-refractivity contribution in [1.29, 1.82) is 0 Å². The molecule has 2 aliphatic carbocycles. The van der Waals surface area contributed by atoms with Gasteiger partial charge in [-0.1, -0.05) is 32.1 Å². The molecule has 196 valence electrons. The summed E-state index contributed by atoms with van der Waals surface area (Å²) in [6, 6.07) is 2.83. The molecule has 1 aromatic heterocycles. The van der Waals surface area contributed by atoms with Crippen molar-refractivity contribution >= 4 is 22.6 Å². The molecular formula is C27H37FN4O4. The number of halogens is 1. The fourth-order valence-electron chi connectivity index (χ4n) is 6.41. The molecule has 9 heteroatoms. The largest absolute Gasteiger partial charge is 0.468 e. The molecule has 0 bridgehead atoms. The molecule has 1 N–H and O–H groups in total. The Morgan fingerprint density at radius 3 is 2.44 bits per heavy atom. The molecule has 0 spiro atoms. The molecular weight excluding hydrogens is 463 g/mol. The summed E-state index contributed by atoms with van der Waals surface area (Å²) in [5, 5.41) is 3.58. The van der Waals surface area contributed by atoms with Crippen LogP contribution in [0.25, 0.3) is 10.9 Å². The van der Waals surface area contributed by atoms with E-state index in [0.717, 1.165) is 57.8 Å². The van der Waals surface area contributed by atoms with Gasteiger partial charge in [0.15, 0.2) is 0 Å². The van der Waals surface area contributed by atoms with E-state index in [0.29, 0.717) is 30.7 Å². The smallest absolute Gasteiger partial charge is 0.331 e. The number of aromatic nitrogens is 2. The highest BCUT2D eigenvalue weighted by molar-refractivity contribution is 5.82. The van der Waals surface area contributed by atoms with E-state index in [4.69, 9.17) is 4.74 Å². The number of nitrogens with zero attached hydrogens (tertiary/aromatic N) is 3. The predicted molar refractivity (Wildman–Crippen MR) is 137 cm³/mol. The molecule has 0 amide bonds. The fourth-order valence-corrected chi connectivity index (χ4v) is 6.41. The summed E-state index contributed by atoms with van der Waals surface area (Å²) in [4.78, 5) is 41.4. The van der Waals surface area contributed by atoms with Crippen molar-refractivity contribution in [2.24, 2.45) is 0 Å². The number of carbonyl (C=O) groups excluding carboxylic acids is 1. The molecule has 1 aromatic carbocycles. The van der Waals surface area contributed by atoms with E-state index in [9.17, 15) is 14.4 Å². The van der Waals surface area contributed by atoms with Gasteiger partial charge in [0.1, 0.15) is 11.9 Å². The minimum Gasteiger partial charge on any atom is -0.468 e. The zero-order chi connectivity index (χ0) is 25.2. The summed E-state index contributed by atoms with van der Waals surface area (Å²) < 4.78 is 23.1. The van der Waals surface area contributed by atoms with E-state index >= 15 is 4.39 Å². The first-order valence-corrected chi connectivity index (χ1v) is 13.5. The van der Waals surface area contributed by atoms with Gasteiger partial charge in [0.2, 0.25) is 0 Å². The maximum Gasteiger partial charge on any atom is 0.331 e. The highest BCUT2D eigenvalue weighted by Crippen LogP contribution is 2.32. The number of fused-ring (bicyclic) bond motifs is 1. The van der Waals surface area contributed by atoms with Crippen molar-refractivity contribution in [3.63, 3.8) is 0 Å². The summed E-state index contributed by atoms with van der Waals surface area (Å²) in [6.45, 7) is 1.25. The van der Waals surface area contributed by atoms with Crippen LogP contribution in [0.2, 0.25) is 0 Å². The van der Waals surface area contributed by atoms with Crippen LogP contribution >= 0.6 is 0 Å². The van der Waals surface area contributed by atoms with Crippen LogP contribution < -0.4 is 16.6 Å². The fraction of sp³-hybridized carbons (Fsp3) is 0.667. The summed E-state index contributed by atoms with van der Waals surface area (Å²) in [5.74, 6) is -0.750. The number of benzene rings is 1. The van der Waals surface area contributed by atoms with E-state index in [-0.39, 0.29) is 41.7 Å². The Bertz CT molecular complexity index is 1230. The average Bonchev–Trinajstić information content (AvgIpc) is 3.58. The number of hydrogen-bond donors (Lipinski definition) is 1. The molecule has 1 saturated heterocycles. The molecule has 1 unspecified atom stereocenters. The van der Waals surface area contributed by atoms with Crippen molar-refractivity contribution in [2.75, 3.05) is 25.5 Å². The minimum atomic E-state index is -0.471. The third-order valence-corrected chi connectivity index (χ3v) is 8.36. The number of ether oxygens (including phenoxy) is 1. The van der Waals surface area contributed by atoms with Gasteiger partial charge >= 0.3 is 11.7 Å². The van der Waals surface area contributed by atoms with Crippen molar-refractivity contribution in [2.45, 2.75) is 95.3 Å². The van der Waals surface area contributed by atoms with Crippen molar-refractivity contribution < 1.29 is 13.9 Å². The first-order chi connectivity index (χ1) is 17.5. The maximum atomic E-state index is 15.2. The number of anilines is 1. The van der Waals surface area contributed by atoms with Crippen molar-refractivity contribution in [3.8, 4) is 0 Å². The SMILES string of the molecule is COC(=O)C1CCCN1CCn1c(=O)c2cc(F)c(NC3CCCCC3)cc2n(C2CCCC2)c1=O. The second kappa shape index (κ2) is 10.7. The molecule has 3 fully saturated rings. The van der Waals surface area contributed by atoms with E-state index < -0.39 is 11.4 Å². The molecule has 1 aliphatic heterocycles. The van der Waals surface area contributed by atoms with Crippen LogP contribution in [0.3, 0.4) is 0 Å². The van der Waals surface area contributed by atoms with Gasteiger partial charge in [-0.3, -0.25) is 23.6 Å². The molecule has 8 nitrogen and oxygen atoms in total. The van der Waals surface area contributed by atoms with Gasteiger partial charge in [-0.2, -0.15) is 0 Å². The van der Waals surface area contributed by atoms with E-state index in [1.165, 1.54) is 24.2 Å². The summed E-state index contributed by atoms with van der Waals surface area (Å²) >= 11 is 0. The summed E-state index contributed by atoms with van der Waals surface area (Å²) in [7, 11) is 1.37. The van der Waals surface area contributed by atoms with Crippen molar-refractivity contribution in [3.05, 3.63) is 38.8 Å². The van der Waals surface area contributed by atoms with Gasteiger partial charge in [0, 0.05) is 25.2 Å². The summed E-state index contributed by atoms with van der Waals surface area (Å²) in [6.07, 6.45) is 10.8. The molecule has 2 heterocycles. The van der Waals surface area contributed by atoms with Gasteiger partial charge in [0.25, 0.3) is 5.56 Å². The van der Waals surface area contributed by atoms with Gasteiger partial charge in [-0.15, -0.1) is 0 Å². The van der Waals surface area contributed by atoms with E-state index in [2.05, 4.69) is 5.32 Å². The van der Waals surface area contributed by atoms with Gasteiger partial charge in [0.05, 0.1) is 23.7 Å². The first kappa shape index (κ1) is 25.0. The lowest BCUT2D eigenvalue weighted by atomic mass is 9.95. The molecule has 3 aliphatic rings. The maximum absolute atomic E-state index is 15.2.